The average molecular weight is 295 g/mol. The van der Waals surface area contributed by atoms with Gasteiger partial charge in [0.25, 0.3) is 0 Å². The van der Waals surface area contributed by atoms with Crippen molar-refractivity contribution in [1.82, 2.24) is 0 Å². The Hall–Kier alpha value is -1.64. The van der Waals surface area contributed by atoms with Crippen LogP contribution >= 0.6 is 11.3 Å². The molecule has 0 aliphatic rings. The third-order valence-electron chi connectivity index (χ3n) is 3.91. The summed E-state index contributed by atoms with van der Waals surface area (Å²) in [6.07, 6.45) is 0.894. The number of thiophene rings is 1. The molecule has 0 radical (unpaired) electrons. The Bertz CT molecular complexity index is 692. The van der Waals surface area contributed by atoms with Crippen molar-refractivity contribution in [2.45, 2.75) is 32.2 Å². The van der Waals surface area contributed by atoms with Gasteiger partial charge in [-0.15, -0.1) is 11.3 Å². The lowest BCUT2D eigenvalue weighted by Gasteiger charge is -2.11. The van der Waals surface area contributed by atoms with Crippen LogP contribution < -0.4 is 5.73 Å². The molecular formula is C19H21NS. The minimum Gasteiger partial charge on any atom is -0.323 e. The summed E-state index contributed by atoms with van der Waals surface area (Å²) in [4.78, 5) is 1.27. The van der Waals surface area contributed by atoms with E-state index in [0.717, 1.165) is 6.42 Å². The third-order valence-corrected chi connectivity index (χ3v) is 5.16. The molecule has 0 amide bonds. The van der Waals surface area contributed by atoms with Crippen LogP contribution in [-0.4, -0.2) is 0 Å². The Kier molecular flexibility index (Phi) is 4.09. The van der Waals surface area contributed by atoms with Crippen LogP contribution in [0.5, 0.6) is 0 Å². The summed E-state index contributed by atoms with van der Waals surface area (Å²) < 4.78 is 1.32. The molecule has 0 aliphatic heterocycles. The third kappa shape index (κ3) is 3.17. The molecule has 2 heteroatoms. The summed E-state index contributed by atoms with van der Waals surface area (Å²) in [7, 11) is 0. The van der Waals surface area contributed by atoms with Gasteiger partial charge in [0.15, 0.2) is 0 Å². The largest absolute Gasteiger partial charge is 0.323 e. The van der Waals surface area contributed by atoms with E-state index < -0.39 is 0 Å². The monoisotopic (exact) mass is 295 g/mol. The average Bonchev–Trinajstić information content (AvgIpc) is 2.92. The van der Waals surface area contributed by atoms with E-state index >= 15 is 0 Å². The lowest BCUT2D eigenvalue weighted by atomic mass is 9.99. The lowest BCUT2D eigenvalue weighted by Crippen LogP contribution is -2.11. The predicted molar refractivity (Wildman–Crippen MR) is 93.0 cm³/mol. The van der Waals surface area contributed by atoms with Crippen LogP contribution in [0.4, 0.5) is 0 Å². The number of hydrogen-bond donors (Lipinski definition) is 1. The van der Waals surface area contributed by atoms with Crippen LogP contribution in [0.2, 0.25) is 0 Å². The fourth-order valence-electron chi connectivity index (χ4n) is 2.58. The van der Waals surface area contributed by atoms with E-state index in [1.807, 2.05) is 11.3 Å². The first-order valence-electron chi connectivity index (χ1n) is 7.46. The second-order valence-electron chi connectivity index (χ2n) is 5.89. The molecule has 0 fully saturated rings. The maximum atomic E-state index is 6.40. The van der Waals surface area contributed by atoms with E-state index in [9.17, 15) is 0 Å². The summed E-state index contributed by atoms with van der Waals surface area (Å²) in [6, 6.07) is 19.6. The van der Waals surface area contributed by atoms with Crippen molar-refractivity contribution in [3.05, 3.63) is 70.6 Å². The highest BCUT2D eigenvalue weighted by Crippen LogP contribution is 2.30. The van der Waals surface area contributed by atoms with Gasteiger partial charge < -0.3 is 5.73 Å². The van der Waals surface area contributed by atoms with E-state index in [1.165, 1.54) is 26.1 Å². The fourth-order valence-corrected chi connectivity index (χ4v) is 3.64. The molecule has 1 aromatic heterocycles. The van der Waals surface area contributed by atoms with Gasteiger partial charge in [-0.1, -0.05) is 56.3 Å². The van der Waals surface area contributed by atoms with Crippen LogP contribution in [0, 0.1) is 0 Å². The summed E-state index contributed by atoms with van der Waals surface area (Å²) in [5, 5.41) is 1.29. The number of rotatable bonds is 4. The zero-order valence-corrected chi connectivity index (χ0v) is 13.4. The van der Waals surface area contributed by atoms with Gasteiger partial charge in [-0.05, 0) is 41.0 Å². The van der Waals surface area contributed by atoms with Crippen LogP contribution in [0.25, 0.3) is 10.1 Å². The number of fused-ring (bicyclic) bond motifs is 1. The Morgan fingerprint density at radius 2 is 1.71 bits per heavy atom. The van der Waals surface area contributed by atoms with Gasteiger partial charge in [0.1, 0.15) is 0 Å². The minimum atomic E-state index is 0.0762. The molecule has 1 nitrogen and oxygen atoms in total. The normalized spacial score (nSPS) is 13.0. The van der Waals surface area contributed by atoms with Gasteiger partial charge in [-0.2, -0.15) is 0 Å². The van der Waals surface area contributed by atoms with E-state index in [1.54, 1.807) is 0 Å². The van der Waals surface area contributed by atoms with Crippen LogP contribution in [0.1, 0.15) is 41.8 Å². The molecule has 1 atom stereocenters. The van der Waals surface area contributed by atoms with Crippen molar-refractivity contribution in [3.8, 4) is 0 Å². The van der Waals surface area contributed by atoms with Gasteiger partial charge in [0.2, 0.25) is 0 Å². The molecule has 3 rings (SSSR count). The SMILES string of the molecule is CC(C)c1ccc(CC(N)c2cc3ccccc3s2)cc1. The fraction of sp³-hybridized carbons (Fsp3) is 0.263. The first-order valence-corrected chi connectivity index (χ1v) is 8.28. The molecule has 0 aliphatic carbocycles. The highest BCUT2D eigenvalue weighted by atomic mass is 32.1. The molecule has 21 heavy (non-hydrogen) atoms. The summed E-state index contributed by atoms with van der Waals surface area (Å²) in [6.45, 7) is 4.44. The Morgan fingerprint density at radius 1 is 1.00 bits per heavy atom. The zero-order chi connectivity index (χ0) is 14.8. The highest BCUT2D eigenvalue weighted by molar-refractivity contribution is 7.19. The Labute approximate surface area is 130 Å². The van der Waals surface area contributed by atoms with Crippen LogP contribution in [-0.2, 0) is 6.42 Å². The van der Waals surface area contributed by atoms with Gasteiger partial charge in [-0.3, -0.25) is 0 Å². The van der Waals surface area contributed by atoms with Crippen molar-refractivity contribution >= 4 is 21.4 Å². The molecule has 2 N–H and O–H groups in total. The second kappa shape index (κ2) is 6.00. The van der Waals surface area contributed by atoms with Crippen molar-refractivity contribution < 1.29 is 0 Å². The van der Waals surface area contributed by atoms with Crippen LogP contribution in [0.3, 0.4) is 0 Å². The molecule has 0 saturated carbocycles. The van der Waals surface area contributed by atoms with Crippen molar-refractivity contribution in [1.29, 1.82) is 0 Å². The molecule has 2 aromatic carbocycles. The molecule has 1 heterocycles. The summed E-state index contributed by atoms with van der Waals surface area (Å²) in [5.41, 5.74) is 9.09. The summed E-state index contributed by atoms with van der Waals surface area (Å²) >= 11 is 1.81. The topological polar surface area (TPSA) is 26.0 Å². The molecule has 3 aromatic rings. The van der Waals surface area contributed by atoms with E-state index in [-0.39, 0.29) is 6.04 Å². The molecule has 108 valence electrons. The summed E-state index contributed by atoms with van der Waals surface area (Å²) in [5.74, 6) is 0.579. The predicted octanol–water partition coefficient (Wildman–Crippen LogP) is 5.27. The highest BCUT2D eigenvalue weighted by Gasteiger charge is 2.11. The maximum Gasteiger partial charge on any atom is 0.0431 e. The first-order chi connectivity index (χ1) is 10.1. The van der Waals surface area contributed by atoms with E-state index in [0.29, 0.717) is 5.92 Å². The standard InChI is InChI=1S/C19H21NS/c1-13(2)15-9-7-14(8-10-15)11-17(20)19-12-16-5-3-4-6-18(16)21-19/h3-10,12-13,17H,11,20H2,1-2H3. The van der Waals surface area contributed by atoms with E-state index in [2.05, 4.69) is 68.4 Å². The minimum absolute atomic E-state index is 0.0762. The molecule has 1 unspecified atom stereocenters. The van der Waals surface area contributed by atoms with Crippen molar-refractivity contribution in [2.24, 2.45) is 5.73 Å². The molecule has 0 spiro atoms. The number of benzene rings is 2. The Balaban J connectivity index is 1.77. The molecule has 0 bridgehead atoms. The quantitative estimate of drug-likeness (QED) is 0.697. The lowest BCUT2D eigenvalue weighted by molar-refractivity contribution is 0.736. The second-order valence-corrected chi connectivity index (χ2v) is 7.01. The van der Waals surface area contributed by atoms with Crippen molar-refractivity contribution in [2.75, 3.05) is 0 Å². The molecular weight excluding hydrogens is 274 g/mol. The maximum absolute atomic E-state index is 6.40. The smallest absolute Gasteiger partial charge is 0.0431 e. The van der Waals surface area contributed by atoms with Gasteiger partial charge >= 0.3 is 0 Å². The van der Waals surface area contributed by atoms with Crippen molar-refractivity contribution in [3.63, 3.8) is 0 Å². The zero-order valence-electron chi connectivity index (χ0n) is 12.5. The number of nitrogens with two attached hydrogens (primary N) is 1. The van der Waals surface area contributed by atoms with Gasteiger partial charge in [0.05, 0.1) is 0 Å². The van der Waals surface area contributed by atoms with Crippen LogP contribution in [0.15, 0.2) is 54.6 Å². The first kappa shape index (κ1) is 14.3. The van der Waals surface area contributed by atoms with E-state index in [4.69, 9.17) is 5.73 Å². The van der Waals surface area contributed by atoms with Gasteiger partial charge in [-0.25, -0.2) is 0 Å². The number of hydrogen-bond acceptors (Lipinski definition) is 2. The van der Waals surface area contributed by atoms with Gasteiger partial charge in [0, 0.05) is 15.6 Å². The Morgan fingerprint density at radius 3 is 2.38 bits per heavy atom. The molecule has 0 saturated heterocycles.